The van der Waals surface area contributed by atoms with Crippen molar-refractivity contribution in [1.82, 2.24) is 4.90 Å². The first-order chi connectivity index (χ1) is 8.75. The number of nitrogens with zero attached hydrogens (tertiary/aromatic N) is 1. The smallest absolute Gasteiger partial charge is 0.307 e. The van der Waals surface area contributed by atoms with Crippen molar-refractivity contribution in [1.29, 1.82) is 0 Å². The van der Waals surface area contributed by atoms with Crippen LogP contribution in [0.25, 0.3) is 0 Å². The van der Waals surface area contributed by atoms with E-state index in [1.807, 2.05) is 32.0 Å². The number of halogens is 1. The molecule has 1 aliphatic rings. The maximum atomic E-state index is 12.9. The molecule has 0 aromatic heterocycles. The van der Waals surface area contributed by atoms with Crippen molar-refractivity contribution in [3.05, 3.63) is 34.9 Å². The van der Waals surface area contributed by atoms with Crippen LogP contribution in [0.1, 0.15) is 23.1 Å². The number of carbonyl (C=O) groups is 1. The van der Waals surface area contributed by atoms with Crippen molar-refractivity contribution in [2.24, 2.45) is 0 Å². The monoisotopic (exact) mass is 285 g/mol. The van der Waals surface area contributed by atoms with E-state index in [9.17, 15) is 17.1 Å². The van der Waals surface area contributed by atoms with E-state index in [4.69, 9.17) is 0 Å². The summed E-state index contributed by atoms with van der Waals surface area (Å²) in [6.45, 7) is 4.17. The van der Waals surface area contributed by atoms with Gasteiger partial charge in [-0.05, 0) is 19.4 Å². The fraction of sp³-hybridized carbons (Fsp3) is 0.462. The van der Waals surface area contributed by atoms with Gasteiger partial charge in [-0.2, -0.15) is 8.42 Å². The lowest BCUT2D eigenvalue weighted by molar-refractivity contribution is -0.128. The Hall–Kier alpha value is -1.43. The highest BCUT2D eigenvalue weighted by atomic mass is 32.3. The van der Waals surface area contributed by atoms with E-state index in [0.29, 0.717) is 6.54 Å². The second-order valence-electron chi connectivity index (χ2n) is 5.07. The normalized spacial score (nSPS) is 20.1. The van der Waals surface area contributed by atoms with Crippen LogP contribution in [0.3, 0.4) is 0 Å². The molecule has 1 fully saturated rings. The predicted octanol–water partition coefficient (Wildman–Crippen LogP) is 1.70. The van der Waals surface area contributed by atoms with E-state index < -0.39 is 15.5 Å². The zero-order chi connectivity index (χ0) is 14.2. The van der Waals surface area contributed by atoms with E-state index >= 15 is 0 Å². The van der Waals surface area contributed by atoms with Gasteiger partial charge in [0.25, 0.3) is 0 Å². The summed E-state index contributed by atoms with van der Waals surface area (Å²) in [6.07, 6.45) is -0.260. The SMILES string of the molecule is Cc1cc(C)cc(CN2CC(S(=O)(=O)F)CC2=O)c1. The van der Waals surface area contributed by atoms with Gasteiger partial charge in [0.05, 0.1) is 0 Å². The molecule has 1 saturated heterocycles. The molecular formula is C13H16FNO3S. The van der Waals surface area contributed by atoms with Crippen LogP contribution in [0.5, 0.6) is 0 Å². The second-order valence-corrected chi connectivity index (χ2v) is 6.69. The maximum Gasteiger partial charge on any atom is 0.307 e. The second kappa shape index (κ2) is 4.92. The van der Waals surface area contributed by atoms with Gasteiger partial charge in [0.2, 0.25) is 5.91 Å². The quantitative estimate of drug-likeness (QED) is 0.794. The third-order valence-corrected chi connectivity index (χ3v) is 4.34. The lowest BCUT2D eigenvalue weighted by Gasteiger charge is -2.16. The van der Waals surface area contributed by atoms with Crippen LogP contribution >= 0.6 is 0 Å². The highest BCUT2D eigenvalue weighted by Crippen LogP contribution is 2.22. The van der Waals surface area contributed by atoms with Crippen LogP contribution in [0, 0.1) is 13.8 Å². The Labute approximate surface area is 112 Å². The molecule has 19 heavy (non-hydrogen) atoms. The van der Waals surface area contributed by atoms with Gasteiger partial charge in [-0.1, -0.05) is 29.3 Å². The van der Waals surface area contributed by atoms with Gasteiger partial charge in [0.1, 0.15) is 5.25 Å². The van der Waals surface area contributed by atoms with Crippen molar-refractivity contribution < 1.29 is 17.1 Å². The van der Waals surface area contributed by atoms with Gasteiger partial charge in [0, 0.05) is 19.5 Å². The van der Waals surface area contributed by atoms with Gasteiger partial charge < -0.3 is 4.90 Å². The molecule has 1 atom stereocenters. The molecule has 6 heteroatoms. The summed E-state index contributed by atoms with van der Waals surface area (Å²) < 4.78 is 34.6. The summed E-state index contributed by atoms with van der Waals surface area (Å²) in [7, 11) is -4.64. The molecule has 4 nitrogen and oxygen atoms in total. The van der Waals surface area contributed by atoms with Crippen molar-refractivity contribution in [3.8, 4) is 0 Å². The number of hydrogen-bond acceptors (Lipinski definition) is 3. The molecule has 2 rings (SSSR count). The summed E-state index contributed by atoms with van der Waals surface area (Å²) >= 11 is 0. The third kappa shape index (κ3) is 3.32. The number of amides is 1. The van der Waals surface area contributed by atoms with E-state index in [0.717, 1.165) is 16.7 Å². The standard InChI is InChI=1S/C13H16FNO3S/c1-9-3-10(2)5-11(4-9)7-15-8-12(6-13(15)16)19(14,17)18/h3-5,12H,6-8H2,1-2H3. The van der Waals surface area contributed by atoms with Crippen molar-refractivity contribution in [2.75, 3.05) is 6.54 Å². The zero-order valence-corrected chi connectivity index (χ0v) is 11.7. The molecular weight excluding hydrogens is 269 g/mol. The Morgan fingerprint density at radius 2 is 1.84 bits per heavy atom. The van der Waals surface area contributed by atoms with Crippen molar-refractivity contribution >= 4 is 16.1 Å². The van der Waals surface area contributed by atoms with E-state index in [2.05, 4.69) is 0 Å². The molecule has 0 bridgehead atoms. The summed E-state index contributed by atoms with van der Waals surface area (Å²) in [4.78, 5) is 13.1. The average Bonchev–Trinajstić information content (AvgIpc) is 2.58. The molecule has 1 aromatic rings. The molecule has 1 amide bonds. The zero-order valence-electron chi connectivity index (χ0n) is 10.9. The van der Waals surface area contributed by atoms with Crippen LogP contribution in [-0.4, -0.2) is 31.0 Å². The van der Waals surface area contributed by atoms with Crippen LogP contribution in [0.4, 0.5) is 3.89 Å². The van der Waals surface area contributed by atoms with Crippen LogP contribution in [-0.2, 0) is 21.6 Å². The van der Waals surface area contributed by atoms with Gasteiger partial charge in [-0.3, -0.25) is 4.79 Å². The lowest BCUT2D eigenvalue weighted by atomic mass is 10.1. The highest BCUT2D eigenvalue weighted by Gasteiger charge is 2.38. The topological polar surface area (TPSA) is 54.5 Å². The summed E-state index contributed by atoms with van der Waals surface area (Å²) in [5.41, 5.74) is 3.09. The molecule has 0 aliphatic carbocycles. The molecule has 104 valence electrons. The Morgan fingerprint density at radius 3 is 2.32 bits per heavy atom. The number of hydrogen-bond donors (Lipinski definition) is 0. The van der Waals surface area contributed by atoms with Gasteiger partial charge in [0.15, 0.2) is 0 Å². The van der Waals surface area contributed by atoms with Crippen LogP contribution in [0.15, 0.2) is 18.2 Å². The molecule has 0 spiro atoms. The third-order valence-electron chi connectivity index (χ3n) is 3.23. The molecule has 1 heterocycles. The molecule has 1 unspecified atom stereocenters. The predicted molar refractivity (Wildman–Crippen MR) is 69.8 cm³/mol. The molecule has 1 aliphatic heterocycles. The Morgan fingerprint density at radius 1 is 1.26 bits per heavy atom. The Balaban J connectivity index is 2.14. The van der Waals surface area contributed by atoms with Gasteiger partial charge in [-0.25, -0.2) is 0 Å². The fourth-order valence-corrected chi connectivity index (χ4v) is 3.16. The minimum Gasteiger partial charge on any atom is -0.337 e. The summed E-state index contributed by atoms with van der Waals surface area (Å²) in [6, 6.07) is 5.90. The van der Waals surface area contributed by atoms with Gasteiger partial charge in [-0.15, -0.1) is 3.89 Å². The fourth-order valence-electron chi connectivity index (χ4n) is 2.46. The molecule has 0 saturated carbocycles. The largest absolute Gasteiger partial charge is 0.337 e. The van der Waals surface area contributed by atoms with Crippen LogP contribution in [0.2, 0.25) is 0 Å². The van der Waals surface area contributed by atoms with E-state index in [1.54, 1.807) is 0 Å². The van der Waals surface area contributed by atoms with E-state index in [-0.39, 0.29) is 18.9 Å². The number of rotatable bonds is 3. The van der Waals surface area contributed by atoms with E-state index in [1.165, 1.54) is 4.90 Å². The van der Waals surface area contributed by atoms with Crippen LogP contribution < -0.4 is 0 Å². The summed E-state index contributed by atoms with van der Waals surface area (Å²) in [5.74, 6) is -0.314. The van der Waals surface area contributed by atoms with Crippen molar-refractivity contribution in [2.45, 2.75) is 32.1 Å². The lowest BCUT2D eigenvalue weighted by Crippen LogP contribution is -2.26. The maximum absolute atomic E-state index is 12.9. The first kappa shape index (κ1) is 14.0. The number of aryl methyl sites for hydroxylation is 2. The number of likely N-dealkylation sites (tertiary alicyclic amines) is 1. The minimum absolute atomic E-state index is 0.0648. The summed E-state index contributed by atoms with van der Waals surface area (Å²) in [5, 5.41) is -1.22. The number of benzene rings is 1. The first-order valence-electron chi connectivity index (χ1n) is 6.04. The molecule has 1 aromatic carbocycles. The highest BCUT2D eigenvalue weighted by molar-refractivity contribution is 7.87. The minimum atomic E-state index is -4.64. The van der Waals surface area contributed by atoms with Gasteiger partial charge >= 0.3 is 10.2 Å². The number of carbonyl (C=O) groups excluding carboxylic acids is 1. The molecule has 0 N–H and O–H groups in total. The van der Waals surface area contributed by atoms with Crippen molar-refractivity contribution in [3.63, 3.8) is 0 Å². The Kier molecular flexibility index (Phi) is 3.62. The first-order valence-corrected chi connectivity index (χ1v) is 7.49. The Bertz CT molecular complexity index is 592. The molecule has 0 radical (unpaired) electrons. The average molecular weight is 285 g/mol.